The van der Waals surface area contributed by atoms with Gasteiger partial charge < -0.3 is 19.2 Å². The molecule has 7 aromatic carbocycles. The van der Waals surface area contributed by atoms with E-state index in [1.54, 1.807) is 0 Å². The fourth-order valence-electron chi connectivity index (χ4n) is 11.1. The third-order valence-electron chi connectivity index (χ3n) is 14.2. The van der Waals surface area contributed by atoms with Gasteiger partial charge >= 0.3 is 6.85 Å². The van der Waals surface area contributed by atoms with E-state index in [0.717, 1.165) is 35.1 Å². The Hall–Kier alpha value is -5.94. The number of benzene rings is 7. The molecule has 0 spiro atoms. The molecule has 0 radical (unpaired) electrons. The van der Waals surface area contributed by atoms with Crippen molar-refractivity contribution in [2.75, 3.05) is 9.71 Å². The molecule has 4 nitrogen and oxygen atoms in total. The average molecular weight is 741 g/mol. The Balaban J connectivity index is 1.23. The Morgan fingerprint density at radius 2 is 1.19 bits per heavy atom. The molecule has 0 saturated carbocycles. The molecule has 0 aromatic heterocycles. The predicted molar refractivity (Wildman–Crippen MR) is 236 cm³/mol. The van der Waals surface area contributed by atoms with Gasteiger partial charge in [-0.05, 0) is 122 Å². The summed E-state index contributed by atoms with van der Waals surface area (Å²) >= 11 is 0. The van der Waals surface area contributed by atoms with E-state index in [1.165, 1.54) is 89.8 Å². The van der Waals surface area contributed by atoms with Crippen LogP contribution in [-0.2, 0) is 16.2 Å². The van der Waals surface area contributed by atoms with Gasteiger partial charge in [0.2, 0.25) is 0 Å². The summed E-state index contributed by atoms with van der Waals surface area (Å²) in [6.45, 7) is 16.7. The molecular formula is C52H45BN2O2. The highest BCUT2D eigenvalue weighted by atomic mass is 16.6. The van der Waals surface area contributed by atoms with E-state index in [-0.39, 0.29) is 23.1 Å². The van der Waals surface area contributed by atoms with Crippen molar-refractivity contribution in [3.8, 4) is 34.1 Å². The van der Waals surface area contributed by atoms with Crippen molar-refractivity contribution in [2.45, 2.75) is 77.6 Å². The Kier molecular flexibility index (Phi) is 6.36. The minimum atomic E-state index is -0.190. The van der Waals surface area contributed by atoms with E-state index in [0.29, 0.717) is 0 Å². The molecular weight excluding hydrogens is 695 g/mol. The summed E-state index contributed by atoms with van der Waals surface area (Å²) in [7, 11) is 0. The first-order valence-corrected chi connectivity index (χ1v) is 20.6. The van der Waals surface area contributed by atoms with Crippen LogP contribution in [-0.4, -0.2) is 6.85 Å². The minimum Gasteiger partial charge on any atom is -0.450 e. The number of aryl methyl sites for hydroxylation is 1. The molecule has 0 unspecified atom stereocenters. The van der Waals surface area contributed by atoms with Gasteiger partial charge in [-0.2, -0.15) is 0 Å². The molecule has 278 valence electrons. The fraction of sp³-hybridized carbons (Fsp3) is 0.231. The van der Waals surface area contributed by atoms with Gasteiger partial charge in [-0.15, -0.1) is 0 Å². The first-order chi connectivity index (χ1) is 27.4. The smallest absolute Gasteiger partial charge is 0.333 e. The molecule has 0 fully saturated rings. The van der Waals surface area contributed by atoms with Crippen LogP contribution in [0, 0.1) is 6.92 Å². The van der Waals surface area contributed by atoms with E-state index in [2.05, 4.69) is 155 Å². The third kappa shape index (κ3) is 4.30. The second kappa shape index (κ2) is 10.9. The summed E-state index contributed by atoms with van der Waals surface area (Å²) in [5.74, 6) is 2.95. The van der Waals surface area contributed by atoms with E-state index >= 15 is 0 Å². The van der Waals surface area contributed by atoms with Gasteiger partial charge in [0.05, 0.1) is 0 Å². The summed E-state index contributed by atoms with van der Waals surface area (Å²) in [6, 6.07) is 45.1. The normalized spacial score (nSPS) is 17.8. The van der Waals surface area contributed by atoms with Gasteiger partial charge in [0.1, 0.15) is 0 Å². The van der Waals surface area contributed by atoms with Crippen molar-refractivity contribution in [2.24, 2.45) is 0 Å². The number of fused-ring (bicyclic) bond motifs is 11. The van der Waals surface area contributed by atoms with Crippen LogP contribution in [0.15, 0.2) is 121 Å². The Labute approximate surface area is 335 Å². The van der Waals surface area contributed by atoms with Crippen molar-refractivity contribution in [1.29, 1.82) is 0 Å². The molecule has 57 heavy (non-hydrogen) atoms. The second-order valence-electron chi connectivity index (χ2n) is 18.8. The van der Waals surface area contributed by atoms with Crippen LogP contribution in [0.4, 0.5) is 28.4 Å². The minimum absolute atomic E-state index is 0.0490. The van der Waals surface area contributed by atoms with Gasteiger partial charge in [-0.25, -0.2) is 0 Å². The lowest BCUT2D eigenvalue weighted by molar-refractivity contribution is 0.332. The zero-order valence-electron chi connectivity index (χ0n) is 33.7. The van der Waals surface area contributed by atoms with E-state index in [1.807, 2.05) is 24.3 Å². The predicted octanol–water partition coefficient (Wildman–Crippen LogP) is 12.7. The lowest BCUT2D eigenvalue weighted by Crippen LogP contribution is -2.63. The van der Waals surface area contributed by atoms with Crippen LogP contribution >= 0.6 is 0 Å². The van der Waals surface area contributed by atoms with Crippen molar-refractivity contribution in [1.82, 2.24) is 0 Å². The lowest BCUT2D eigenvalue weighted by Gasteiger charge is -2.51. The maximum atomic E-state index is 6.75. The maximum absolute atomic E-state index is 6.75. The molecule has 0 atom stereocenters. The van der Waals surface area contributed by atoms with Crippen molar-refractivity contribution in [3.05, 3.63) is 149 Å². The molecule has 4 heterocycles. The maximum Gasteiger partial charge on any atom is 0.333 e. The zero-order chi connectivity index (χ0) is 38.7. The number of ether oxygens (including phenoxy) is 2. The molecule has 4 aliphatic heterocycles. The largest absolute Gasteiger partial charge is 0.450 e. The Morgan fingerprint density at radius 3 is 1.96 bits per heavy atom. The average Bonchev–Trinajstić information content (AvgIpc) is 3.20. The van der Waals surface area contributed by atoms with Gasteiger partial charge in [0, 0.05) is 45.5 Å². The van der Waals surface area contributed by atoms with E-state index in [9.17, 15) is 0 Å². The molecule has 7 aromatic rings. The summed E-state index contributed by atoms with van der Waals surface area (Å²) < 4.78 is 13.5. The molecule has 12 rings (SSSR count). The van der Waals surface area contributed by atoms with Crippen molar-refractivity contribution >= 4 is 57.0 Å². The number of hydrogen-bond acceptors (Lipinski definition) is 4. The Morgan fingerprint density at radius 1 is 0.544 bits per heavy atom. The fourth-order valence-corrected chi connectivity index (χ4v) is 11.1. The highest BCUT2D eigenvalue weighted by molar-refractivity contribution is 6.94. The zero-order valence-corrected chi connectivity index (χ0v) is 33.7. The summed E-state index contributed by atoms with van der Waals surface area (Å²) in [5.41, 5.74) is 18.1. The number of nitrogens with zero attached hydrogens (tertiary/aromatic N) is 2. The monoisotopic (exact) mass is 740 g/mol. The van der Waals surface area contributed by atoms with Gasteiger partial charge in [-0.1, -0.05) is 120 Å². The number of hydrogen-bond donors (Lipinski definition) is 0. The summed E-state index contributed by atoms with van der Waals surface area (Å²) in [5, 5.41) is 2.52. The van der Waals surface area contributed by atoms with Crippen LogP contribution in [0.1, 0.15) is 82.2 Å². The number of anilines is 5. The molecule has 5 heteroatoms. The van der Waals surface area contributed by atoms with Crippen LogP contribution in [0.2, 0.25) is 0 Å². The van der Waals surface area contributed by atoms with Crippen LogP contribution < -0.4 is 30.1 Å². The van der Waals surface area contributed by atoms with Crippen molar-refractivity contribution in [3.63, 3.8) is 0 Å². The van der Waals surface area contributed by atoms with Gasteiger partial charge in [0.25, 0.3) is 0 Å². The van der Waals surface area contributed by atoms with Crippen LogP contribution in [0.25, 0.3) is 21.9 Å². The number of rotatable bonds is 1. The van der Waals surface area contributed by atoms with Gasteiger partial charge in [0.15, 0.2) is 23.0 Å². The van der Waals surface area contributed by atoms with E-state index in [4.69, 9.17) is 9.47 Å². The quantitative estimate of drug-likeness (QED) is 0.157. The first-order valence-electron chi connectivity index (χ1n) is 20.6. The van der Waals surface area contributed by atoms with Gasteiger partial charge in [-0.3, -0.25) is 0 Å². The molecule has 5 aliphatic rings. The SMILES string of the molecule is Cc1cc2c(cc1N1c3cc4c(cc3B3c5c1cc1ccccc1c5-c1cccc5c1N3c1ccccc1C5(C)C)Oc1ccccc1O4)C(C)(C)CCC2(C)C. The van der Waals surface area contributed by atoms with Crippen LogP contribution in [0.3, 0.4) is 0 Å². The molecule has 1 aliphatic carbocycles. The molecule has 0 saturated heterocycles. The Bertz CT molecular complexity index is 2940. The molecule has 0 bridgehead atoms. The molecule has 0 amide bonds. The number of para-hydroxylation sites is 4. The second-order valence-corrected chi connectivity index (χ2v) is 18.8. The van der Waals surface area contributed by atoms with Crippen molar-refractivity contribution < 1.29 is 9.47 Å². The summed E-state index contributed by atoms with van der Waals surface area (Å²) in [4.78, 5) is 5.24. The van der Waals surface area contributed by atoms with E-state index < -0.39 is 0 Å². The lowest BCUT2D eigenvalue weighted by atomic mass is 9.42. The topological polar surface area (TPSA) is 24.9 Å². The highest BCUT2D eigenvalue weighted by Gasteiger charge is 2.51. The molecule has 0 N–H and O–H groups in total. The summed E-state index contributed by atoms with van der Waals surface area (Å²) in [6.07, 6.45) is 2.33. The first kappa shape index (κ1) is 33.2. The standard InChI is InChI=1S/C52H45BN2O2/c1-30-25-36-37(51(4,5)24-23-50(36,2)3)27-40(30)54-41-29-46-45(56-43-21-12-13-22-44(43)57-46)28-38(41)53-48-42(54)26-31-15-8-9-16-32(31)47(48)33-17-14-19-35-49(33)55(53)39-20-11-10-18-34(39)52(35,6)7/h8-22,25-29H,23-24H2,1-7H3. The third-order valence-corrected chi connectivity index (χ3v) is 14.2. The highest BCUT2D eigenvalue weighted by Crippen LogP contribution is 2.58. The van der Waals surface area contributed by atoms with Crippen LogP contribution in [0.5, 0.6) is 23.0 Å².